The zero-order valence-corrected chi connectivity index (χ0v) is 16.7. The molecule has 6 atom stereocenters. The number of hydrogen-bond acceptors (Lipinski definition) is 0. The van der Waals surface area contributed by atoms with Crippen molar-refractivity contribution in [3.8, 4) is 0 Å². The Morgan fingerprint density at radius 2 is 1.31 bits per heavy atom. The minimum Gasteiger partial charge on any atom is -0.247 e. The predicted octanol–water partition coefficient (Wildman–Crippen LogP) is 7.60. The Morgan fingerprint density at radius 1 is 0.654 bits per heavy atom. The minimum atomic E-state index is -0.759. The van der Waals surface area contributed by atoms with Crippen molar-refractivity contribution in [2.75, 3.05) is 0 Å². The Hall–Kier alpha value is -0.210. The van der Waals surface area contributed by atoms with Crippen LogP contribution in [-0.4, -0.2) is 18.5 Å². The fourth-order valence-corrected chi connectivity index (χ4v) is 6.26. The van der Waals surface area contributed by atoms with Gasteiger partial charge >= 0.3 is 0 Å². The molecule has 0 aromatic heterocycles. The summed E-state index contributed by atoms with van der Waals surface area (Å²) < 4.78 is 43.0. The fourth-order valence-electron chi connectivity index (χ4n) is 6.26. The van der Waals surface area contributed by atoms with Gasteiger partial charge in [-0.15, -0.1) is 0 Å². The molecular weight excluding hydrogens is 333 g/mol. The minimum absolute atomic E-state index is 0.0820. The van der Waals surface area contributed by atoms with E-state index in [-0.39, 0.29) is 17.8 Å². The molecule has 0 aliphatic heterocycles. The van der Waals surface area contributed by atoms with E-state index >= 15 is 0 Å². The van der Waals surface area contributed by atoms with Crippen LogP contribution in [0.2, 0.25) is 0 Å². The Balaban J connectivity index is 1.45. The highest BCUT2D eigenvalue weighted by Crippen LogP contribution is 2.47. The normalized spacial score (nSPS) is 44.8. The second-order valence-electron chi connectivity index (χ2n) is 9.61. The van der Waals surface area contributed by atoms with Gasteiger partial charge in [0.2, 0.25) is 0 Å². The summed E-state index contributed by atoms with van der Waals surface area (Å²) in [5.41, 5.74) is 0. The molecule has 3 rings (SSSR count). The summed E-state index contributed by atoms with van der Waals surface area (Å²) in [6.45, 7) is 2.19. The van der Waals surface area contributed by atoms with Crippen molar-refractivity contribution in [3.05, 3.63) is 0 Å². The average molecular weight is 373 g/mol. The van der Waals surface area contributed by atoms with Crippen LogP contribution in [-0.2, 0) is 0 Å². The maximum Gasteiger partial charge on any atom is 0.103 e. The first-order chi connectivity index (χ1) is 12.6. The lowest BCUT2D eigenvalue weighted by atomic mass is 9.64. The topological polar surface area (TPSA) is 0 Å². The third-order valence-corrected chi connectivity index (χ3v) is 7.96. The highest BCUT2D eigenvalue weighted by Gasteiger charge is 2.42. The third-order valence-electron chi connectivity index (χ3n) is 7.96. The summed E-state index contributed by atoms with van der Waals surface area (Å²) in [4.78, 5) is 0. The first-order valence-electron chi connectivity index (χ1n) is 11.5. The van der Waals surface area contributed by atoms with Crippen LogP contribution >= 0.6 is 0 Å². The van der Waals surface area contributed by atoms with Crippen molar-refractivity contribution in [1.82, 2.24) is 0 Å². The molecule has 26 heavy (non-hydrogen) atoms. The molecule has 0 nitrogen and oxygen atoms in total. The first kappa shape index (κ1) is 20.5. The molecule has 3 fully saturated rings. The van der Waals surface area contributed by atoms with Crippen molar-refractivity contribution in [2.24, 2.45) is 29.6 Å². The Labute approximate surface area is 158 Å². The number of halogens is 3. The lowest BCUT2D eigenvalue weighted by Gasteiger charge is -2.43. The molecule has 3 heteroatoms. The van der Waals surface area contributed by atoms with E-state index in [0.29, 0.717) is 37.5 Å². The van der Waals surface area contributed by atoms with Crippen LogP contribution in [0.25, 0.3) is 0 Å². The van der Waals surface area contributed by atoms with Crippen LogP contribution in [0.3, 0.4) is 0 Å². The lowest BCUT2D eigenvalue weighted by Crippen LogP contribution is -2.39. The van der Waals surface area contributed by atoms with Gasteiger partial charge in [0.1, 0.15) is 18.5 Å². The van der Waals surface area contributed by atoms with Gasteiger partial charge in [0.25, 0.3) is 0 Å². The number of unbranched alkanes of at least 4 members (excludes halogenated alkanes) is 2. The average Bonchev–Trinajstić information content (AvgIpc) is 2.64. The zero-order valence-electron chi connectivity index (χ0n) is 16.7. The lowest BCUT2D eigenvalue weighted by molar-refractivity contribution is 0.0112. The zero-order chi connectivity index (χ0) is 18.5. The van der Waals surface area contributed by atoms with Gasteiger partial charge in [0.05, 0.1) is 0 Å². The number of rotatable bonds is 6. The SMILES string of the molecule is CCCCCC1CCC(C2CCC(C3CCC(F)CC3)CC2F)CC1F. The van der Waals surface area contributed by atoms with E-state index in [2.05, 4.69) is 6.92 Å². The molecule has 0 N–H and O–H groups in total. The van der Waals surface area contributed by atoms with Crippen molar-refractivity contribution in [2.45, 2.75) is 115 Å². The van der Waals surface area contributed by atoms with Crippen LogP contribution < -0.4 is 0 Å². The van der Waals surface area contributed by atoms with Crippen molar-refractivity contribution < 1.29 is 13.2 Å². The van der Waals surface area contributed by atoms with Crippen LogP contribution in [0, 0.1) is 29.6 Å². The first-order valence-corrected chi connectivity index (χ1v) is 11.5. The molecule has 0 bridgehead atoms. The summed E-state index contributed by atoms with van der Waals surface area (Å²) in [5, 5.41) is 0. The van der Waals surface area contributed by atoms with Crippen LogP contribution in [0.5, 0.6) is 0 Å². The Morgan fingerprint density at radius 3 is 1.96 bits per heavy atom. The van der Waals surface area contributed by atoms with E-state index in [9.17, 15) is 13.2 Å². The second kappa shape index (κ2) is 9.82. The van der Waals surface area contributed by atoms with Gasteiger partial charge in [-0.3, -0.25) is 0 Å². The third kappa shape index (κ3) is 5.19. The maximum atomic E-state index is 15.0. The summed E-state index contributed by atoms with van der Waals surface area (Å²) in [7, 11) is 0. The van der Waals surface area contributed by atoms with Crippen molar-refractivity contribution in [1.29, 1.82) is 0 Å². The molecule has 0 aromatic rings. The van der Waals surface area contributed by atoms with Crippen molar-refractivity contribution >= 4 is 0 Å². The van der Waals surface area contributed by atoms with Gasteiger partial charge in [-0.25, -0.2) is 13.2 Å². The molecule has 0 saturated heterocycles. The monoisotopic (exact) mass is 372 g/mol. The fraction of sp³-hybridized carbons (Fsp3) is 1.00. The van der Waals surface area contributed by atoms with E-state index in [1.807, 2.05) is 0 Å². The Kier molecular flexibility index (Phi) is 7.75. The molecule has 3 aliphatic carbocycles. The standard InChI is InChI=1S/C23H39F3/c1-2-3-4-5-17-6-7-19(15-22(17)25)21-13-10-18(14-23(21)26)16-8-11-20(24)12-9-16/h16-23H,2-15H2,1H3. The summed E-state index contributed by atoms with van der Waals surface area (Å²) in [6, 6.07) is 0. The molecule has 0 spiro atoms. The van der Waals surface area contributed by atoms with Gasteiger partial charge < -0.3 is 0 Å². The predicted molar refractivity (Wildman–Crippen MR) is 102 cm³/mol. The smallest absolute Gasteiger partial charge is 0.103 e. The molecule has 0 amide bonds. The molecular formula is C23H39F3. The largest absolute Gasteiger partial charge is 0.247 e. The molecule has 3 aliphatic rings. The highest BCUT2D eigenvalue weighted by molar-refractivity contribution is 4.91. The maximum absolute atomic E-state index is 15.0. The van der Waals surface area contributed by atoms with Crippen molar-refractivity contribution in [3.63, 3.8) is 0 Å². The molecule has 0 heterocycles. The second-order valence-corrected chi connectivity index (χ2v) is 9.61. The van der Waals surface area contributed by atoms with E-state index in [1.54, 1.807) is 0 Å². The molecule has 6 unspecified atom stereocenters. The van der Waals surface area contributed by atoms with E-state index in [4.69, 9.17) is 0 Å². The summed E-state index contributed by atoms with van der Waals surface area (Å²) in [6.07, 6.45) is 10.9. The summed E-state index contributed by atoms with van der Waals surface area (Å²) in [5.74, 6) is 1.54. The Bertz CT molecular complexity index is 404. The van der Waals surface area contributed by atoms with Gasteiger partial charge in [0.15, 0.2) is 0 Å². The molecule has 0 aromatic carbocycles. The van der Waals surface area contributed by atoms with E-state index in [1.165, 1.54) is 12.8 Å². The van der Waals surface area contributed by atoms with Crippen LogP contribution in [0.15, 0.2) is 0 Å². The van der Waals surface area contributed by atoms with E-state index < -0.39 is 18.5 Å². The molecule has 0 radical (unpaired) electrons. The van der Waals surface area contributed by atoms with Crippen LogP contribution in [0.4, 0.5) is 13.2 Å². The van der Waals surface area contributed by atoms with Gasteiger partial charge in [-0.2, -0.15) is 0 Å². The van der Waals surface area contributed by atoms with Gasteiger partial charge in [0, 0.05) is 0 Å². The van der Waals surface area contributed by atoms with E-state index in [0.717, 1.165) is 51.4 Å². The highest BCUT2D eigenvalue weighted by atomic mass is 19.1. The molecule has 152 valence electrons. The quantitative estimate of drug-likeness (QED) is 0.421. The van der Waals surface area contributed by atoms with Gasteiger partial charge in [-0.1, -0.05) is 26.2 Å². The number of hydrogen-bond donors (Lipinski definition) is 0. The molecule has 3 saturated carbocycles. The number of alkyl halides is 3. The van der Waals surface area contributed by atoms with Crippen LogP contribution in [0.1, 0.15) is 96.8 Å². The van der Waals surface area contributed by atoms with Gasteiger partial charge in [-0.05, 0) is 100 Å². The summed E-state index contributed by atoms with van der Waals surface area (Å²) >= 11 is 0.